The molecule has 7 heteroatoms. The van der Waals surface area contributed by atoms with Crippen molar-refractivity contribution in [3.63, 3.8) is 0 Å². The molecule has 2 amide bonds. The van der Waals surface area contributed by atoms with Gasteiger partial charge in [0.25, 0.3) is 11.8 Å². The Kier molecular flexibility index (Phi) is 9.37. The first-order valence-corrected chi connectivity index (χ1v) is 15.9. The number of amides is 2. The number of imide groups is 1. The van der Waals surface area contributed by atoms with Crippen LogP contribution < -0.4 is 4.90 Å². The van der Waals surface area contributed by atoms with E-state index in [1.807, 2.05) is 0 Å². The number of carbonyl (C=O) groups excluding carboxylic acids is 3. The predicted octanol–water partition coefficient (Wildman–Crippen LogP) is 7.21. The summed E-state index contributed by atoms with van der Waals surface area (Å²) in [5.74, 6) is -1.44. The van der Waals surface area contributed by atoms with Crippen molar-refractivity contribution in [2.45, 2.75) is 77.0 Å². The summed E-state index contributed by atoms with van der Waals surface area (Å²) in [4.78, 5) is 42.9. The van der Waals surface area contributed by atoms with Crippen molar-refractivity contribution in [1.82, 2.24) is 5.06 Å². The number of fused-ring (bicyclic) bond motifs is 2. The van der Waals surface area contributed by atoms with E-state index < -0.39 is 17.8 Å². The van der Waals surface area contributed by atoms with Crippen LogP contribution in [0.4, 0.5) is 11.4 Å². The van der Waals surface area contributed by atoms with Gasteiger partial charge < -0.3 is 9.74 Å². The summed E-state index contributed by atoms with van der Waals surface area (Å²) in [6, 6.07) is 17.1. The molecule has 0 spiro atoms. The number of nitrogens with zero attached hydrogens (tertiary/aromatic N) is 3. The molecule has 0 radical (unpaired) electrons. The molecule has 0 aromatic heterocycles. The van der Waals surface area contributed by atoms with Gasteiger partial charge in [0.1, 0.15) is 7.05 Å². The molecule has 0 atom stereocenters. The second-order valence-corrected chi connectivity index (χ2v) is 12.9. The first-order chi connectivity index (χ1) is 21.5. The highest BCUT2D eigenvalue weighted by molar-refractivity contribution is 6.03. The van der Waals surface area contributed by atoms with Crippen LogP contribution in [0.5, 0.6) is 0 Å². The fraction of sp³-hybridized carbons (Fsp3) is 0.368. The molecule has 0 unspecified atom stereocenters. The number of hydrogen-bond donors (Lipinski definition) is 0. The Hall–Kier alpha value is -4.52. The minimum atomic E-state index is -0.539. The lowest BCUT2D eigenvalue weighted by Crippen LogP contribution is -2.32. The van der Waals surface area contributed by atoms with Gasteiger partial charge in [-0.25, -0.2) is 4.79 Å². The standard InChI is InChI=1S/C38H44N3O4/c1-37(2)28-18-13-15-20-30(28)39(5)32(37)22-10-7-6-8-11-23-33-38(3,4)29-19-14-16-21-31(29)40(33)27-17-9-12-24-36(44)45-41-34(42)25-26-35(41)43/h6-8,10-11,13-16,18-23H,9,12,17,24-27H2,1-5H3/q+1. The number of benzene rings is 2. The quantitative estimate of drug-likeness (QED) is 0.117. The molecule has 0 saturated carbocycles. The van der Waals surface area contributed by atoms with Crippen molar-refractivity contribution in [2.75, 3.05) is 18.5 Å². The van der Waals surface area contributed by atoms with E-state index in [2.05, 4.69) is 135 Å². The number of anilines is 1. The van der Waals surface area contributed by atoms with E-state index in [-0.39, 0.29) is 30.1 Å². The highest BCUT2D eigenvalue weighted by Crippen LogP contribution is 2.47. The molecule has 0 N–H and O–H groups in total. The predicted molar refractivity (Wildman–Crippen MR) is 178 cm³/mol. The summed E-state index contributed by atoms with van der Waals surface area (Å²) < 4.78 is 2.28. The lowest BCUT2D eigenvalue weighted by molar-refractivity contribution is -0.401. The maximum atomic E-state index is 12.2. The Morgan fingerprint density at radius 3 is 2.20 bits per heavy atom. The second kappa shape index (κ2) is 13.2. The van der Waals surface area contributed by atoms with Gasteiger partial charge in [-0.2, -0.15) is 4.58 Å². The van der Waals surface area contributed by atoms with Gasteiger partial charge in [0.15, 0.2) is 5.71 Å². The summed E-state index contributed by atoms with van der Waals surface area (Å²) in [5, 5.41) is 0.620. The molecule has 1 fully saturated rings. The van der Waals surface area contributed by atoms with Crippen LogP contribution in [0.25, 0.3) is 0 Å². The molecule has 7 nitrogen and oxygen atoms in total. The van der Waals surface area contributed by atoms with Gasteiger partial charge >= 0.3 is 5.97 Å². The van der Waals surface area contributed by atoms with E-state index in [1.54, 1.807) is 0 Å². The molecule has 5 rings (SSSR count). The molecule has 3 heterocycles. The molecule has 0 aliphatic carbocycles. The van der Waals surface area contributed by atoms with Crippen LogP contribution in [0.15, 0.2) is 96.8 Å². The summed E-state index contributed by atoms with van der Waals surface area (Å²) in [7, 11) is 2.13. The highest BCUT2D eigenvalue weighted by Gasteiger charge is 2.42. The van der Waals surface area contributed by atoms with Crippen molar-refractivity contribution in [2.24, 2.45) is 0 Å². The lowest BCUT2D eigenvalue weighted by atomic mass is 9.81. The summed E-state index contributed by atoms with van der Waals surface area (Å²) in [6.45, 7) is 9.88. The van der Waals surface area contributed by atoms with Crippen molar-refractivity contribution >= 4 is 34.9 Å². The smallest absolute Gasteiger partial charge is 0.333 e. The van der Waals surface area contributed by atoms with Crippen LogP contribution in [-0.4, -0.2) is 46.7 Å². The SMILES string of the molecule is C[N+]1=C(C=CC=CC=CC=C2N(CCCCCC(=O)ON3C(=O)CCC3=O)c3ccccc3C2(C)C)C(C)(C)c2ccccc21. The number of para-hydroxylation sites is 2. The average Bonchev–Trinajstić information content (AvgIpc) is 3.52. The number of allylic oxidation sites excluding steroid dienone is 8. The van der Waals surface area contributed by atoms with Crippen LogP contribution in [0, 0.1) is 0 Å². The van der Waals surface area contributed by atoms with Gasteiger partial charge in [-0.1, -0.05) is 87.0 Å². The zero-order chi connectivity index (χ0) is 32.2. The normalized spacial score (nSPS) is 19.6. The zero-order valence-corrected chi connectivity index (χ0v) is 27.1. The number of hydroxylamine groups is 2. The van der Waals surface area contributed by atoms with Gasteiger partial charge in [0.05, 0.1) is 5.41 Å². The topological polar surface area (TPSA) is 69.9 Å². The van der Waals surface area contributed by atoms with E-state index >= 15 is 0 Å². The molecule has 2 aromatic carbocycles. The third-order valence-electron chi connectivity index (χ3n) is 9.15. The van der Waals surface area contributed by atoms with Gasteiger partial charge in [0, 0.05) is 60.3 Å². The Morgan fingerprint density at radius 2 is 1.47 bits per heavy atom. The highest BCUT2D eigenvalue weighted by atomic mass is 16.7. The van der Waals surface area contributed by atoms with Gasteiger partial charge in [-0.3, -0.25) is 9.59 Å². The molecular formula is C38H44N3O4+. The maximum absolute atomic E-state index is 12.2. The van der Waals surface area contributed by atoms with Crippen LogP contribution in [-0.2, 0) is 30.1 Å². The van der Waals surface area contributed by atoms with Crippen molar-refractivity contribution in [3.05, 3.63) is 108 Å². The molecule has 3 aliphatic heterocycles. The fourth-order valence-corrected chi connectivity index (χ4v) is 6.69. The van der Waals surface area contributed by atoms with Crippen LogP contribution in [0.1, 0.15) is 77.3 Å². The van der Waals surface area contributed by atoms with E-state index in [4.69, 9.17) is 4.84 Å². The molecular weight excluding hydrogens is 562 g/mol. The molecule has 3 aliphatic rings. The molecule has 1 saturated heterocycles. The van der Waals surface area contributed by atoms with Crippen molar-refractivity contribution in [1.29, 1.82) is 0 Å². The molecule has 2 aromatic rings. The Labute approximate surface area is 266 Å². The van der Waals surface area contributed by atoms with E-state index in [9.17, 15) is 14.4 Å². The van der Waals surface area contributed by atoms with Gasteiger partial charge in [-0.05, 0) is 44.4 Å². The second-order valence-electron chi connectivity index (χ2n) is 12.9. The summed E-state index contributed by atoms with van der Waals surface area (Å²) >= 11 is 0. The van der Waals surface area contributed by atoms with E-state index in [1.165, 1.54) is 33.9 Å². The Balaban J connectivity index is 1.18. The number of hydrogen-bond acceptors (Lipinski definition) is 5. The van der Waals surface area contributed by atoms with E-state index in [0.29, 0.717) is 11.5 Å². The number of rotatable bonds is 11. The summed E-state index contributed by atoms with van der Waals surface area (Å²) in [5.41, 5.74) is 7.44. The van der Waals surface area contributed by atoms with Crippen molar-refractivity contribution < 1.29 is 23.8 Å². The Bertz CT molecular complexity index is 1620. The zero-order valence-electron chi connectivity index (χ0n) is 27.1. The van der Waals surface area contributed by atoms with Crippen LogP contribution in [0.2, 0.25) is 0 Å². The first-order valence-electron chi connectivity index (χ1n) is 15.9. The number of unbranched alkanes of at least 4 members (excludes halogenated alkanes) is 2. The maximum Gasteiger partial charge on any atom is 0.333 e. The Morgan fingerprint density at radius 1 is 0.822 bits per heavy atom. The van der Waals surface area contributed by atoms with Crippen molar-refractivity contribution in [3.8, 4) is 0 Å². The summed E-state index contributed by atoms with van der Waals surface area (Å²) in [6.07, 6.45) is 17.5. The number of carbonyl (C=O) groups is 3. The average molecular weight is 607 g/mol. The third kappa shape index (κ3) is 6.48. The minimum absolute atomic E-state index is 0.0414. The molecule has 234 valence electrons. The van der Waals surface area contributed by atoms with Gasteiger partial charge in [0.2, 0.25) is 5.69 Å². The lowest BCUT2D eigenvalue weighted by Gasteiger charge is -2.27. The largest absolute Gasteiger partial charge is 0.344 e. The minimum Gasteiger partial charge on any atom is -0.344 e. The fourth-order valence-electron chi connectivity index (χ4n) is 6.69. The molecule has 45 heavy (non-hydrogen) atoms. The first kappa shape index (κ1) is 31.9. The van der Waals surface area contributed by atoms with Gasteiger partial charge in [-0.15, -0.1) is 5.06 Å². The van der Waals surface area contributed by atoms with E-state index in [0.717, 1.165) is 19.4 Å². The molecule has 0 bridgehead atoms. The third-order valence-corrected chi connectivity index (χ3v) is 9.15. The monoisotopic (exact) mass is 606 g/mol. The van der Waals surface area contributed by atoms with Crippen LogP contribution >= 0.6 is 0 Å². The van der Waals surface area contributed by atoms with Crippen LogP contribution in [0.3, 0.4) is 0 Å².